The fraction of sp³-hybridized carbons (Fsp3) is 0.290. The first-order chi connectivity index (χ1) is 18.4. The largest absolute Gasteiger partial charge is 0.462 e. The van der Waals surface area contributed by atoms with Crippen molar-refractivity contribution in [3.05, 3.63) is 91.0 Å². The topological polar surface area (TPSA) is 81.7 Å². The quantitative estimate of drug-likeness (QED) is 0.224. The highest BCUT2D eigenvalue weighted by molar-refractivity contribution is 7.97. The average Bonchev–Trinajstić information content (AvgIpc) is 2.95. The van der Waals surface area contributed by atoms with Crippen molar-refractivity contribution in [2.45, 2.75) is 40.2 Å². The molecule has 1 amide bonds. The zero-order valence-electron chi connectivity index (χ0n) is 22.4. The van der Waals surface area contributed by atoms with Crippen LogP contribution in [0.3, 0.4) is 0 Å². The molecular weight excluding hydrogens is 497 g/mol. The Morgan fingerprint density at radius 1 is 0.711 bits per heavy atom. The van der Waals surface area contributed by atoms with Crippen molar-refractivity contribution in [2.24, 2.45) is 5.92 Å². The van der Waals surface area contributed by atoms with Crippen molar-refractivity contribution in [3.63, 3.8) is 0 Å². The van der Waals surface area contributed by atoms with Gasteiger partial charge in [-0.2, -0.15) is 0 Å². The minimum atomic E-state index is -3.07. The standard InChI is InChI=1S/C31H36NO5P/c1-5-23(4)27(32-31(35)37-7-3)28(33)29(30(34)36-6-2)38(24-17-11-8-12-18-24,25-19-13-9-14-20-25)26-21-15-10-16-22-26/h8-23,27H,5-7H2,1-4H3,(H,32,35). The van der Waals surface area contributed by atoms with E-state index in [1.807, 2.05) is 105 Å². The number of amides is 1. The smallest absolute Gasteiger partial charge is 0.407 e. The number of Topliss-reactive ketones (excluding diaryl/α,β-unsaturated/α-hetero) is 1. The van der Waals surface area contributed by atoms with Crippen LogP contribution in [0.4, 0.5) is 4.79 Å². The van der Waals surface area contributed by atoms with Crippen LogP contribution in [0.15, 0.2) is 91.0 Å². The molecule has 38 heavy (non-hydrogen) atoms. The van der Waals surface area contributed by atoms with Crippen LogP contribution in [0.2, 0.25) is 0 Å². The van der Waals surface area contributed by atoms with Gasteiger partial charge in [-0.1, -0.05) is 111 Å². The van der Waals surface area contributed by atoms with E-state index in [2.05, 4.69) is 5.32 Å². The van der Waals surface area contributed by atoms with Crippen LogP contribution in [-0.2, 0) is 19.1 Å². The lowest BCUT2D eigenvalue weighted by Crippen LogP contribution is -2.51. The van der Waals surface area contributed by atoms with Crippen LogP contribution < -0.4 is 21.2 Å². The lowest BCUT2D eigenvalue weighted by molar-refractivity contribution is -0.135. The van der Waals surface area contributed by atoms with Crippen molar-refractivity contribution in [1.82, 2.24) is 5.32 Å². The van der Waals surface area contributed by atoms with Crippen LogP contribution in [0.1, 0.15) is 34.1 Å². The third-order valence-corrected chi connectivity index (χ3v) is 10.8. The van der Waals surface area contributed by atoms with Gasteiger partial charge in [-0.05, 0) is 42.6 Å². The van der Waals surface area contributed by atoms with E-state index in [1.54, 1.807) is 13.8 Å². The number of hydrogen-bond donors (Lipinski definition) is 1. The minimum Gasteiger partial charge on any atom is -0.462 e. The van der Waals surface area contributed by atoms with Crippen LogP contribution in [0, 0.1) is 5.92 Å². The molecule has 0 fully saturated rings. The zero-order chi connectivity index (χ0) is 27.5. The van der Waals surface area contributed by atoms with Gasteiger partial charge in [0.15, 0.2) is 5.78 Å². The van der Waals surface area contributed by atoms with E-state index < -0.39 is 30.8 Å². The highest BCUT2D eigenvalue weighted by atomic mass is 31.2. The monoisotopic (exact) mass is 533 g/mol. The van der Waals surface area contributed by atoms with E-state index in [0.29, 0.717) is 6.42 Å². The number of hydrogen-bond acceptors (Lipinski definition) is 5. The maximum absolute atomic E-state index is 14.7. The third kappa shape index (κ3) is 6.08. The Kier molecular flexibility index (Phi) is 10.5. The number of rotatable bonds is 11. The third-order valence-electron chi connectivity index (χ3n) is 6.51. The predicted octanol–water partition coefficient (Wildman–Crippen LogP) is 4.45. The number of ether oxygens (including phenoxy) is 2. The van der Waals surface area contributed by atoms with Gasteiger partial charge in [0.1, 0.15) is 5.29 Å². The number of alkyl carbamates (subject to hydrolysis) is 1. The van der Waals surface area contributed by atoms with Gasteiger partial charge in [-0.3, -0.25) is 4.79 Å². The van der Waals surface area contributed by atoms with Gasteiger partial charge < -0.3 is 14.8 Å². The van der Waals surface area contributed by atoms with Crippen molar-refractivity contribution in [2.75, 3.05) is 13.2 Å². The lowest BCUT2D eigenvalue weighted by atomic mass is 9.94. The minimum absolute atomic E-state index is 0.0463. The Balaban J connectivity index is 2.54. The van der Waals surface area contributed by atoms with Gasteiger partial charge in [0.25, 0.3) is 0 Å². The molecule has 200 valence electrons. The first-order valence-electron chi connectivity index (χ1n) is 13.0. The fourth-order valence-corrected chi connectivity index (χ4v) is 8.88. The Hall–Kier alpha value is -3.63. The summed E-state index contributed by atoms with van der Waals surface area (Å²) in [6.07, 6.45) is -0.0933. The molecule has 7 heteroatoms. The van der Waals surface area contributed by atoms with Crippen molar-refractivity contribution >= 4 is 45.9 Å². The molecule has 0 saturated heterocycles. The maximum atomic E-state index is 14.7. The predicted molar refractivity (Wildman–Crippen MR) is 155 cm³/mol. The Bertz CT molecular complexity index is 1170. The summed E-state index contributed by atoms with van der Waals surface area (Å²) in [6, 6.07) is 27.9. The summed E-state index contributed by atoms with van der Waals surface area (Å²) in [5.41, 5.74) is 0. The Morgan fingerprint density at radius 3 is 1.50 bits per heavy atom. The van der Waals surface area contributed by atoms with Gasteiger partial charge >= 0.3 is 12.1 Å². The number of nitrogens with one attached hydrogen (secondary N) is 1. The van der Waals surface area contributed by atoms with Crippen LogP contribution in [-0.4, -0.2) is 42.4 Å². The molecule has 0 heterocycles. The summed E-state index contributed by atoms with van der Waals surface area (Å²) < 4.78 is 10.7. The summed E-state index contributed by atoms with van der Waals surface area (Å²) in [6.45, 7) is 4.44. The van der Waals surface area contributed by atoms with Crippen LogP contribution in [0.5, 0.6) is 0 Å². The number of carbonyl (C=O) groups excluding carboxylic acids is 3. The molecule has 0 saturated carbocycles. The Labute approximate surface area is 225 Å². The van der Waals surface area contributed by atoms with Gasteiger partial charge in [0.05, 0.1) is 19.3 Å². The second-order valence-electron chi connectivity index (χ2n) is 8.84. The maximum Gasteiger partial charge on any atom is 0.407 e. The molecule has 1 N–H and O–H groups in total. The van der Waals surface area contributed by atoms with Gasteiger partial charge in [-0.15, -0.1) is 0 Å². The van der Waals surface area contributed by atoms with E-state index in [4.69, 9.17) is 9.47 Å². The second kappa shape index (κ2) is 13.8. The molecule has 6 nitrogen and oxygen atoms in total. The normalized spacial score (nSPS) is 12.6. The lowest BCUT2D eigenvalue weighted by Gasteiger charge is -2.33. The van der Waals surface area contributed by atoms with E-state index in [1.165, 1.54) is 0 Å². The van der Waals surface area contributed by atoms with Crippen molar-refractivity contribution in [1.29, 1.82) is 0 Å². The molecule has 0 aromatic heterocycles. The van der Waals surface area contributed by atoms with Crippen molar-refractivity contribution < 1.29 is 23.9 Å². The van der Waals surface area contributed by atoms with Gasteiger partial charge in [0, 0.05) is 0 Å². The van der Waals surface area contributed by atoms with E-state index in [9.17, 15) is 14.4 Å². The molecule has 3 rings (SSSR count). The molecule has 0 aliphatic heterocycles. The second-order valence-corrected chi connectivity index (χ2v) is 12.2. The summed E-state index contributed by atoms with van der Waals surface area (Å²) in [5.74, 6) is -1.40. The highest BCUT2D eigenvalue weighted by Gasteiger charge is 2.41. The molecular formula is C31H36NO5P. The molecule has 0 spiro atoms. The molecule has 0 radical (unpaired) electrons. The van der Waals surface area contributed by atoms with E-state index in [-0.39, 0.29) is 24.4 Å². The Morgan fingerprint density at radius 2 is 1.13 bits per heavy atom. The SMILES string of the molecule is CCOC(=O)NC(C(=O)C(C(=O)OCC)=P(c1ccccc1)(c1ccccc1)c1ccccc1)C(C)CC. The molecule has 0 aliphatic carbocycles. The fourth-order valence-electron chi connectivity index (χ4n) is 4.54. The first-order valence-corrected chi connectivity index (χ1v) is 14.8. The molecule has 0 bridgehead atoms. The summed E-state index contributed by atoms with van der Waals surface area (Å²) in [7, 11) is 0. The van der Waals surface area contributed by atoms with Crippen LogP contribution >= 0.6 is 6.89 Å². The molecule has 0 aliphatic rings. The van der Waals surface area contributed by atoms with E-state index in [0.717, 1.165) is 15.9 Å². The highest BCUT2D eigenvalue weighted by Crippen LogP contribution is 2.47. The molecule has 3 aromatic rings. The molecule has 2 atom stereocenters. The van der Waals surface area contributed by atoms with Crippen molar-refractivity contribution in [3.8, 4) is 0 Å². The van der Waals surface area contributed by atoms with Crippen LogP contribution in [0.25, 0.3) is 0 Å². The summed E-state index contributed by atoms with van der Waals surface area (Å²) >= 11 is 0. The van der Waals surface area contributed by atoms with E-state index >= 15 is 0 Å². The number of carbonyl (C=O) groups is 3. The van der Waals surface area contributed by atoms with Gasteiger partial charge in [-0.25, -0.2) is 9.59 Å². The zero-order valence-corrected chi connectivity index (χ0v) is 23.3. The summed E-state index contributed by atoms with van der Waals surface area (Å²) in [5, 5.41) is 5.32. The first kappa shape index (κ1) is 28.9. The average molecular weight is 534 g/mol. The number of esters is 1. The van der Waals surface area contributed by atoms with Gasteiger partial charge in [0.2, 0.25) is 0 Å². The number of ketones is 1. The molecule has 3 aromatic carbocycles. The summed E-state index contributed by atoms with van der Waals surface area (Å²) in [4.78, 5) is 41.2. The number of benzene rings is 3. The molecule has 2 unspecified atom stereocenters.